The van der Waals surface area contributed by atoms with E-state index >= 15 is 0 Å². The van der Waals surface area contributed by atoms with Crippen LogP contribution in [0.1, 0.15) is 6.92 Å². The van der Waals surface area contributed by atoms with E-state index in [4.69, 9.17) is 14.2 Å². The van der Waals surface area contributed by atoms with Crippen molar-refractivity contribution < 1.29 is 19.0 Å². The van der Waals surface area contributed by atoms with Gasteiger partial charge in [0.05, 0.1) is 20.3 Å². The highest BCUT2D eigenvalue weighted by Gasteiger charge is 2.02. The maximum Gasteiger partial charge on any atom is 0.319 e. The number of nitrogens with one attached hydrogen (secondary N) is 2. The molecule has 0 aliphatic carbocycles. The molecule has 2 amide bonds. The summed E-state index contributed by atoms with van der Waals surface area (Å²) in [6, 6.07) is 14.2. The number of urea groups is 1. The molecule has 0 saturated heterocycles. The molecule has 0 atom stereocenters. The highest BCUT2D eigenvalue weighted by molar-refractivity contribution is 5.89. The second kappa shape index (κ2) is 9.29. The van der Waals surface area contributed by atoms with Crippen LogP contribution in [-0.2, 0) is 0 Å². The van der Waals surface area contributed by atoms with Gasteiger partial charge in [0.15, 0.2) is 0 Å². The Morgan fingerprint density at radius 3 is 2.38 bits per heavy atom. The fraction of sp³-hybridized carbons (Fsp3) is 0.278. The summed E-state index contributed by atoms with van der Waals surface area (Å²) in [7, 11) is 1.58. The quantitative estimate of drug-likeness (QED) is 0.729. The Kier molecular flexibility index (Phi) is 6.76. The molecule has 0 saturated carbocycles. The molecular weight excluding hydrogens is 308 g/mol. The molecule has 0 radical (unpaired) electrons. The molecule has 0 unspecified atom stereocenters. The highest BCUT2D eigenvalue weighted by Crippen LogP contribution is 2.17. The van der Waals surface area contributed by atoms with Crippen LogP contribution in [0, 0.1) is 0 Å². The summed E-state index contributed by atoms with van der Waals surface area (Å²) in [4.78, 5) is 11.8. The zero-order valence-corrected chi connectivity index (χ0v) is 13.9. The first-order chi connectivity index (χ1) is 11.7. The summed E-state index contributed by atoms with van der Waals surface area (Å²) < 4.78 is 16.0. The predicted octanol–water partition coefficient (Wildman–Crippen LogP) is 3.29. The summed E-state index contributed by atoms with van der Waals surface area (Å²) in [6.07, 6.45) is 0. The first-order valence-electron chi connectivity index (χ1n) is 7.76. The Morgan fingerprint density at radius 2 is 1.71 bits per heavy atom. The molecular formula is C18H22N2O4. The van der Waals surface area contributed by atoms with E-state index in [-0.39, 0.29) is 6.03 Å². The number of amides is 2. The lowest BCUT2D eigenvalue weighted by Crippen LogP contribution is -2.32. The molecule has 6 nitrogen and oxygen atoms in total. The van der Waals surface area contributed by atoms with Gasteiger partial charge in [-0.2, -0.15) is 0 Å². The van der Waals surface area contributed by atoms with Crippen LogP contribution in [0.5, 0.6) is 17.2 Å². The average Bonchev–Trinajstić information content (AvgIpc) is 2.60. The third kappa shape index (κ3) is 5.72. The number of methoxy groups -OCH3 is 1. The van der Waals surface area contributed by atoms with Gasteiger partial charge in [-0.15, -0.1) is 0 Å². The Hall–Kier alpha value is -2.89. The lowest BCUT2D eigenvalue weighted by molar-refractivity contribution is 0.247. The van der Waals surface area contributed by atoms with Crippen molar-refractivity contribution in [3.8, 4) is 17.2 Å². The van der Waals surface area contributed by atoms with Gasteiger partial charge in [0.25, 0.3) is 0 Å². The van der Waals surface area contributed by atoms with E-state index in [0.29, 0.717) is 31.2 Å². The molecule has 2 rings (SSSR count). The Labute approximate surface area is 141 Å². The lowest BCUT2D eigenvalue weighted by atomic mass is 10.3. The zero-order valence-electron chi connectivity index (χ0n) is 13.9. The van der Waals surface area contributed by atoms with E-state index in [1.54, 1.807) is 19.2 Å². The van der Waals surface area contributed by atoms with Crippen molar-refractivity contribution in [1.82, 2.24) is 5.32 Å². The standard InChI is InChI=1S/C18H22N2O4/c1-3-23-15-7-9-16(10-8-15)24-12-11-19-18(21)20-14-5-4-6-17(13-14)22-2/h4-10,13H,3,11-12H2,1-2H3,(H2,19,20,21). The zero-order chi connectivity index (χ0) is 17.2. The van der Waals surface area contributed by atoms with Crippen LogP contribution in [0.15, 0.2) is 48.5 Å². The summed E-state index contributed by atoms with van der Waals surface area (Å²) in [5.41, 5.74) is 0.666. The van der Waals surface area contributed by atoms with E-state index < -0.39 is 0 Å². The van der Waals surface area contributed by atoms with E-state index in [9.17, 15) is 4.79 Å². The molecule has 0 aromatic heterocycles. The Bertz CT molecular complexity index is 644. The summed E-state index contributed by atoms with van der Waals surface area (Å²) in [5.74, 6) is 2.22. The minimum atomic E-state index is -0.293. The number of ether oxygens (including phenoxy) is 3. The van der Waals surface area contributed by atoms with Crippen LogP contribution >= 0.6 is 0 Å². The predicted molar refractivity (Wildman–Crippen MR) is 93.1 cm³/mol. The lowest BCUT2D eigenvalue weighted by Gasteiger charge is -2.10. The van der Waals surface area contributed by atoms with Crippen LogP contribution in [0.2, 0.25) is 0 Å². The first kappa shape index (κ1) is 17.5. The Morgan fingerprint density at radius 1 is 1.00 bits per heavy atom. The van der Waals surface area contributed by atoms with Gasteiger partial charge in [-0.3, -0.25) is 0 Å². The van der Waals surface area contributed by atoms with Gasteiger partial charge in [-0.25, -0.2) is 4.79 Å². The summed E-state index contributed by atoms with van der Waals surface area (Å²) in [5, 5.41) is 5.46. The van der Waals surface area contributed by atoms with Gasteiger partial charge in [0.2, 0.25) is 0 Å². The van der Waals surface area contributed by atoms with E-state index in [1.807, 2.05) is 43.3 Å². The number of carbonyl (C=O) groups excluding carboxylic acids is 1. The van der Waals surface area contributed by atoms with Crippen LogP contribution < -0.4 is 24.8 Å². The third-order valence-corrected chi connectivity index (χ3v) is 3.12. The van der Waals surface area contributed by atoms with Crippen molar-refractivity contribution in [3.05, 3.63) is 48.5 Å². The fourth-order valence-electron chi connectivity index (χ4n) is 2.01. The van der Waals surface area contributed by atoms with Gasteiger partial charge in [0, 0.05) is 11.8 Å². The SMILES string of the molecule is CCOc1ccc(OCCNC(=O)Nc2cccc(OC)c2)cc1. The number of rotatable bonds is 8. The van der Waals surface area contributed by atoms with Crippen molar-refractivity contribution in [2.75, 3.05) is 32.2 Å². The summed E-state index contributed by atoms with van der Waals surface area (Å²) in [6.45, 7) is 3.34. The van der Waals surface area contributed by atoms with Crippen molar-refractivity contribution >= 4 is 11.7 Å². The van der Waals surface area contributed by atoms with Crippen LogP contribution in [0.4, 0.5) is 10.5 Å². The van der Waals surface area contributed by atoms with Gasteiger partial charge in [-0.05, 0) is 43.3 Å². The molecule has 24 heavy (non-hydrogen) atoms. The largest absolute Gasteiger partial charge is 0.497 e. The summed E-state index contributed by atoms with van der Waals surface area (Å²) >= 11 is 0. The number of hydrogen-bond acceptors (Lipinski definition) is 4. The second-order valence-corrected chi connectivity index (χ2v) is 4.87. The van der Waals surface area contributed by atoms with E-state index in [1.165, 1.54) is 0 Å². The number of anilines is 1. The fourth-order valence-corrected chi connectivity index (χ4v) is 2.01. The minimum Gasteiger partial charge on any atom is -0.497 e. The molecule has 128 valence electrons. The normalized spacial score (nSPS) is 9.92. The monoisotopic (exact) mass is 330 g/mol. The van der Waals surface area contributed by atoms with Crippen LogP contribution in [0.25, 0.3) is 0 Å². The maximum absolute atomic E-state index is 11.8. The molecule has 0 aliphatic heterocycles. The van der Waals surface area contributed by atoms with E-state index in [0.717, 1.165) is 11.5 Å². The third-order valence-electron chi connectivity index (χ3n) is 3.12. The van der Waals surface area contributed by atoms with E-state index in [2.05, 4.69) is 10.6 Å². The smallest absolute Gasteiger partial charge is 0.319 e. The minimum absolute atomic E-state index is 0.293. The number of benzene rings is 2. The van der Waals surface area contributed by atoms with Crippen molar-refractivity contribution in [3.63, 3.8) is 0 Å². The molecule has 0 heterocycles. The van der Waals surface area contributed by atoms with Crippen molar-refractivity contribution in [2.45, 2.75) is 6.92 Å². The molecule has 0 aliphatic rings. The highest BCUT2D eigenvalue weighted by atomic mass is 16.5. The van der Waals surface area contributed by atoms with Crippen molar-refractivity contribution in [1.29, 1.82) is 0 Å². The van der Waals surface area contributed by atoms with Gasteiger partial charge >= 0.3 is 6.03 Å². The molecule has 2 aromatic carbocycles. The molecule has 2 aromatic rings. The van der Waals surface area contributed by atoms with Gasteiger partial charge < -0.3 is 24.8 Å². The molecule has 0 bridgehead atoms. The number of hydrogen-bond donors (Lipinski definition) is 2. The second-order valence-electron chi connectivity index (χ2n) is 4.87. The molecule has 0 spiro atoms. The molecule has 6 heteroatoms. The maximum atomic E-state index is 11.8. The topological polar surface area (TPSA) is 68.8 Å². The molecule has 0 fully saturated rings. The number of carbonyl (C=O) groups is 1. The van der Waals surface area contributed by atoms with Crippen LogP contribution in [0.3, 0.4) is 0 Å². The average molecular weight is 330 g/mol. The Balaban J connectivity index is 1.68. The van der Waals surface area contributed by atoms with Gasteiger partial charge in [-0.1, -0.05) is 6.07 Å². The van der Waals surface area contributed by atoms with Crippen molar-refractivity contribution in [2.24, 2.45) is 0 Å². The van der Waals surface area contributed by atoms with Crippen LogP contribution in [-0.4, -0.2) is 32.9 Å². The first-order valence-corrected chi connectivity index (χ1v) is 7.76. The molecule has 2 N–H and O–H groups in total. The van der Waals surface area contributed by atoms with Gasteiger partial charge in [0.1, 0.15) is 23.9 Å².